The summed E-state index contributed by atoms with van der Waals surface area (Å²) in [6.45, 7) is 0. The number of nitrogen functional groups attached to an aromatic ring is 1. The second-order valence-corrected chi connectivity index (χ2v) is 7.18. The van der Waals surface area contributed by atoms with Gasteiger partial charge in [0, 0.05) is 4.47 Å². The molecular weight excluding hydrogens is 290 g/mol. The standard InChI is InChI=1S/C11H14BrNO2S/c12-9-4-5-10(13)11(6-9)16(14,15)7-8-2-1-3-8/h4-6,8H,1-3,7,13H2. The smallest absolute Gasteiger partial charge is 0.180 e. The zero-order chi connectivity index (χ0) is 11.8. The van der Waals surface area contributed by atoms with Crippen molar-refractivity contribution in [1.82, 2.24) is 0 Å². The fourth-order valence-corrected chi connectivity index (χ4v) is 4.22. The SMILES string of the molecule is Nc1ccc(Br)cc1S(=O)(=O)CC1CCC1. The molecule has 16 heavy (non-hydrogen) atoms. The maximum atomic E-state index is 12.1. The highest BCUT2D eigenvalue weighted by Crippen LogP contribution is 2.32. The summed E-state index contributed by atoms with van der Waals surface area (Å²) in [6, 6.07) is 4.96. The van der Waals surface area contributed by atoms with Crippen molar-refractivity contribution in [2.24, 2.45) is 5.92 Å². The van der Waals surface area contributed by atoms with Crippen molar-refractivity contribution in [3.05, 3.63) is 22.7 Å². The number of hydrogen-bond donors (Lipinski definition) is 1. The van der Waals surface area contributed by atoms with E-state index in [0.29, 0.717) is 11.6 Å². The zero-order valence-electron chi connectivity index (χ0n) is 8.82. The lowest BCUT2D eigenvalue weighted by atomic mass is 9.87. The number of hydrogen-bond acceptors (Lipinski definition) is 3. The second-order valence-electron chi connectivity index (χ2n) is 4.26. The van der Waals surface area contributed by atoms with Gasteiger partial charge in [0.2, 0.25) is 0 Å². The van der Waals surface area contributed by atoms with E-state index < -0.39 is 9.84 Å². The van der Waals surface area contributed by atoms with E-state index in [1.807, 2.05) is 0 Å². The van der Waals surface area contributed by atoms with E-state index in [0.717, 1.165) is 23.7 Å². The molecule has 2 rings (SSSR count). The molecule has 5 heteroatoms. The molecule has 0 aliphatic heterocycles. The summed E-state index contributed by atoms with van der Waals surface area (Å²) in [6.07, 6.45) is 3.19. The Hall–Kier alpha value is -0.550. The summed E-state index contributed by atoms with van der Waals surface area (Å²) in [5, 5.41) is 0. The number of anilines is 1. The zero-order valence-corrected chi connectivity index (χ0v) is 11.2. The van der Waals surface area contributed by atoms with Gasteiger partial charge in [0.1, 0.15) is 0 Å². The lowest BCUT2D eigenvalue weighted by Crippen LogP contribution is -2.22. The highest BCUT2D eigenvalue weighted by atomic mass is 79.9. The maximum Gasteiger partial charge on any atom is 0.180 e. The van der Waals surface area contributed by atoms with Crippen LogP contribution in [0.25, 0.3) is 0 Å². The average molecular weight is 304 g/mol. The van der Waals surface area contributed by atoms with E-state index in [-0.39, 0.29) is 10.6 Å². The largest absolute Gasteiger partial charge is 0.398 e. The minimum absolute atomic E-state index is 0.230. The molecule has 0 spiro atoms. The first-order valence-electron chi connectivity index (χ1n) is 5.27. The number of benzene rings is 1. The molecule has 1 saturated carbocycles. The van der Waals surface area contributed by atoms with Crippen molar-refractivity contribution in [3.63, 3.8) is 0 Å². The quantitative estimate of drug-likeness (QED) is 0.873. The van der Waals surface area contributed by atoms with Crippen LogP contribution in [0.2, 0.25) is 0 Å². The van der Waals surface area contributed by atoms with E-state index in [1.165, 1.54) is 0 Å². The van der Waals surface area contributed by atoms with Gasteiger partial charge in [-0.2, -0.15) is 0 Å². The molecule has 88 valence electrons. The van der Waals surface area contributed by atoms with Crippen molar-refractivity contribution < 1.29 is 8.42 Å². The lowest BCUT2D eigenvalue weighted by Gasteiger charge is -2.25. The van der Waals surface area contributed by atoms with Crippen LogP contribution in [0.5, 0.6) is 0 Å². The summed E-state index contributed by atoms with van der Waals surface area (Å²) < 4.78 is 25.0. The Morgan fingerprint density at radius 3 is 2.62 bits per heavy atom. The van der Waals surface area contributed by atoms with Gasteiger partial charge in [-0.15, -0.1) is 0 Å². The van der Waals surface area contributed by atoms with Crippen LogP contribution in [0.1, 0.15) is 19.3 Å². The third-order valence-electron chi connectivity index (χ3n) is 2.99. The van der Waals surface area contributed by atoms with Crippen LogP contribution in [0.4, 0.5) is 5.69 Å². The van der Waals surface area contributed by atoms with Gasteiger partial charge < -0.3 is 5.73 Å². The first kappa shape index (κ1) is 11.9. The van der Waals surface area contributed by atoms with E-state index in [9.17, 15) is 8.42 Å². The molecular formula is C11H14BrNO2S. The molecule has 0 bridgehead atoms. The first-order valence-corrected chi connectivity index (χ1v) is 7.71. The molecule has 2 N–H and O–H groups in total. The van der Waals surface area contributed by atoms with Crippen LogP contribution in [0.3, 0.4) is 0 Å². The minimum atomic E-state index is -3.23. The molecule has 0 saturated heterocycles. The van der Waals surface area contributed by atoms with Gasteiger partial charge in [-0.25, -0.2) is 8.42 Å². The molecule has 0 amide bonds. The topological polar surface area (TPSA) is 60.2 Å². The molecule has 0 atom stereocenters. The monoisotopic (exact) mass is 303 g/mol. The Morgan fingerprint density at radius 1 is 1.38 bits per heavy atom. The molecule has 0 radical (unpaired) electrons. The average Bonchev–Trinajstić information content (AvgIpc) is 2.16. The molecule has 0 aromatic heterocycles. The Kier molecular flexibility index (Phi) is 3.26. The highest BCUT2D eigenvalue weighted by Gasteiger charge is 2.27. The predicted molar refractivity (Wildman–Crippen MR) is 67.9 cm³/mol. The molecule has 1 aliphatic carbocycles. The summed E-state index contributed by atoms with van der Waals surface area (Å²) in [5.74, 6) is 0.552. The minimum Gasteiger partial charge on any atom is -0.398 e. The van der Waals surface area contributed by atoms with E-state index >= 15 is 0 Å². The van der Waals surface area contributed by atoms with Crippen molar-refractivity contribution in [2.75, 3.05) is 11.5 Å². The number of nitrogens with two attached hydrogens (primary N) is 1. The third-order valence-corrected chi connectivity index (χ3v) is 5.42. The van der Waals surface area contributed by atoms with E-state index in [4.69, 9.17) is 5.73 Å². The Balaban J connectivity index is 2.30. The normalized spacial score (nSPS) is 17.1. The summed E-state index contributed by atoms with van der Waals surface area (Å²) in [7, 11) is -3.23. The van der Waals surface area contributed by atoms with Crippen molar-refractivity contribution >= 4 is 31.5 Å². The molecule has 1 fully saturated rings. The summed E-state index contributed by atoms with van der Waals surface area (Å²) in [5.41, 5.74) is 6.05. The predicted octanol–water partition coefficient (Wildman–Crippen LogP) is 2.61. The molecule has 1 aromatic carbocycles. The summed E-state index contributed by atoms with van der Waals surface area (Å²) >= 11 is 3.27. The fourth-order valence-electron chi connectivity index (χ4n) is 1.84. The first-order chi connectivity index (χ1) is 7.49. The van der Waals surface area contributed by atoms with Gasteiger partial charge in [0.15, 0.2) is 9.84 Å². The molecule has 3 nitrogen and oxygen atoms in total. The van der Waals surface area contributed by atoms with Crippen molar-refractivity contribution in [1.29, 1.82) is 0 Å². The summed E-state index contributed by atoms with van der Waals surface area (Å²) in [4.78, 5) is 0.258. The van der Waals surface area contributed by atoms with Gasteiger partial charge in [0.25, 0.3) is 0 Å². The Bertz CT molecular complexity index is 495. The van der Waals surface area contributed by atoms with Crippen LogP contribution in [-0.2, 0) is 9.84 Å². The van der Waals surface area contributed by atoms with E-state index in [2.05, 4.69) is 15.9 Å². The van der Waals surface area contributed by atoms with Crippen LogP contribution in [0, 0.1) is 5.92 Å². The molecule has 1 aliphatic rings. The van der Waals surface area contributed by atoms with Crippen LogP contribution < -0.4 is 5.73 Å². The molecule has 1 aromatic rings. The fraction of sp³-hybridized carbons (Fsp3) is 0.455. The van der Waals surface area contributed by atoms with Crippen molar-refractivity contribution in [2.45, 2.75) is 24.2 Å². The number of halogens is 1. The third kappa shape index (κ3) is 2.40. The number of sulfone groups is 1. The molecule has 0 heterocycles. The Labute approximate surface area is 104 Å². The number of rotatable bonds is 3. The van der Waals surface area contributed by atoms with Gasteiger partial charge in [0.05, 0.1) is 16.3 Å². The van der Waals surface area contributed by atoms with Gasteiger partial charge in [-0.1, -0.05) is 22.4 Å². The molecule has 0 unspecified atom stereocenters. The van der Waals surface area contributed by atoms with Gasteiger partial charge in [-0.3, -0.25) is 0 Å². The van der Waals surface area contributed by atoms with Crippen LogP contribution >= 0.6 is 15.9 Å². The lowest BCUT2D eigenvalue weighted by molar-refractivity contribution is 0.347. The van der Waals surface area contributed by atoms with Crippen molar-refractivity contribution in [3.8, 4) is 0 Å². The van der Waals surface area contributed by atoms with Gasteiger partial charge in [-0.05, 0) is 37.0 Å². The second kappa shape index (κ2) is 4.37. The highest BCUT2D eigenvalue weighted by molar-refractivity contribution is 9.10. The van der Waals surface area contributed by atoms with E-state index in [1.54, 1.807) is 18.2 Å². The maximum absolute atomic E-state index is 12.1. The van der Waals surface area contributed by atoms with Gasteiger partial charge >= 0.3 is 0 Å². The Morgan fingerprint density at radius 2 is 2.06 bits per heavy atom. The van der Waals surface area contributed by atoms with Crippen LogP contribution in [0.15, 0.2) is 27.6 Å². The van der Waals surface area contributed by atoms with Crippen LogP contribution in [-0.4, -0.2) is 14.2 Å².